The maximum atomic E-state index is 10.6. The maximum Gasteiger partial charge on any atom is 0.203 e. The van der Waals surface area contributed by atoms with Gasteiger partial charge in [0.15, 0.2) is 11.5 Å². The Labute approximate surface area is 155 Å². The van der Waals surface area contributed by atoms with Crippen LogP contribution in [-0.2, 0) is 5.41 Å². The fourth-order valence-corrected chi connectivity index (χ4v) is 2.75. The second kappa shape index (κ2) is 7.68. The van der Waals surface area contributed by atoms with Crippen molar-refractivity contribution in [1.29, 1.82) is 0 Å². The minimum absolute atomic E-state index is 0.174. The molecule has 26 heavy (non-hydrogen) atoms. The smallest absolute Gasteiger partial charge is 0.203 e. The highest BCUT2D eigenvalue weighted by molar-refractivity contribution is 5.85. The van der Waals surface area contributed by atoms with Crippen LogP contribution in [-0.4, -0.2) is 32.7 Å². The molecule has 0 bridgehead atoms. The topological polar surface area (TPSA) is 60.3 Å². The van der Waals surface area contributed by atoms with Crippen molar-refractivity contribution in [3.63, 3.8) is 0 Å². The van der Waals surface area contributed by atoms with Crippen molar-refractivity contribution in [2.75, 3.05) is 21.3 Å². The van der Waals surface area contributed by atoms with E-state index in [4.69, 9.17) is 14.2 Å². The summed E-state index contributed by atoms with van der Waals surface area (Å²) >= 11 is 0. The van der Waals surface area contributed by atoms with Gasteiger partial charge in [-0.05, 0) is 36.1 Å². The van der Waals surface area contributed by atoms with Crippen LogP contribution in [0.25, 0.3) is 0 Å². The fourth-order valence-electron chi connectivity index (χ4n) is 2.75. The molecule has 0 aliphatic heterocycles. The van der Waals surface area contributed by atoms with Gasteiger partial charge < -0.3 is 19.3 Å². The molecule has 0 atom stereocenters. The third kappa shape index (κ3) is 4.10. The van der Waals surface area contributed by atoms with Crippen molar-refractivity contribution in [2.45, 2.75) is 33.1 Å². The number of phenols is 1. The normalized spacial score (nSPS) is 11.7. The first-order valence-corrected chi connectivity index (χ1v) is 8.39. The number of aryl methyl sites for hydroxylation is 1. The molecule has 0 aliphatic rings. The summed E-state index contributed by atoms with van der Waals surface area (Å²) in [6, 6.07) is 7.47. The molecule has 0 spiro atoms. The highest BCUT2D eigenvalue weighted by atomic mass is 16.5. The first-order chi connectivity index (χ1) is 12.2. The lowest BCUT2D eigenvalue weighted by molar-refractivity contribution is 0.324. The number of benzene rings is 2. The third-order valence-electron chi connectivity index (χ3n) is 4.08. The molecule has 0 amide bonds. The summed E-state index contributed by atoms with van der Waals surface area (Å²) in [5.41, 5.74) is 3.05. The quantitative estimate of drug-likeness (QED) is 0.783. The van der Waals surface area contributed by atoms with Crippen LogP contribution in [0.3, 0.4) is 0 Å². The van der Waals surface area contributed by atoms with Crippen molar-refractivity contribution in [1.82, 2.24) is 0 Å². The molecular weight excluding hydrogens is 330 g/mol. The Morgan fingerprint density at radius 3 is 1.96 bits per heavy atom. The van der Waals surface area contributed by atoms with E-state index in [0.29, 0.717) is 22.9 Å². The average Bonchev–Trinajstić information content (AvgIpc) is 2.59. The van der Waals surface area contributed by atoms with Crippen LogP contribution in [0.1, 0.15) is 37.5 Å². The van der Waals surface area contributed by atoms with Gasteiger partial charge in [-0.25, -0.2) is 0 Å². The Kier molecular flexibility index (Phi) is 5.80. The highest BCUT2D eigenvalue weighted by Crippen LogP contribution is 2.40. The largest absolute Gasteiger partial charge is 0.505 e. The molecule has 140 valence electrons. The molecule has 0 saturated carbocycles. The summed E-state index contributed by atoms with van der Waals surface area (Å²) < 4.78 is 16.1. The molecule has 5 heteroatoms. The summed E-state index contributed by atoms with van der Waals surface area (Å²) in [7, 11) is 4.70. The van der Waals surface area contributed by atoms with Gasteiger partial charge in [-0.3, -0.25) is 4.99 Å². The number of ether oxygens (including phenoxy) is 3. The summed E-state index contributed by atoms with van der Waals surface area (Å²) in [5, 5.41) is 10.6. The van der Waals surface area contributed by atoms with Crippen molar-refractivity contribution in [3.05, 3.63) is 41.0 Å². The number of hydrogen-bond acceptors (Lipinski definition) is 5. The molecule has 2 aromatic rings. The molecule has 0 unspecified atom stereocenters. The van der Waals surface area contributed by atoms with E-state index in [0.717, 1.165) is 16.7 Å². The third-order valence-corrected chi connectivity index (χ3v) is 4.08. The van der Waals surface area contributed by atoms with Crippen LogP contribution >= 0.6 is 0 Å². The van der Waals surface area contributed by atoms with E-state index in [-0.39, 0.29) is 11.2 Å². The zero-order valence-electron chi connectivity index (χ0n) is 16.5. The van der Waals surface area contributed by atoms with E-state index in [1.807, 2.05) is 31.2 Å². The van der Waals surface area contributed by atoms with E-state index in [9.17, 15) is 5.11 Å². The Morgan fingerprint density at radius 1 is 0.923 bits per heavy atom. The standard InChI is InChI=1S/C21H27NO4/c1-13-8-15(21(2,3)4)19(23)16(9-13)22-12-14-10-17(24-5)20(26-7)18(11-14)25-6/h8-12,23H,1-7H3/b22-12-. The molecule has 0 fully saturated rings. The van der Waals surface area contributed by atoms with Crippen LogP contribution in [0, 0.1) is 6.92 Å². The second-order valence-electron chi connectivity index (χ2n) is 7.15. The summed E-state index contributed by atoms with van der Waals surface area (Å²) in [5.74, 6) is 1.83. The molecule has 0 saturated heterocycles. The molecule has 0 heterocycles. The van der Waals surface area contributed by atoms with Gasteiger partial charge in [0, 0.05) is 17.3 Å². The van der Waals surface area contributed by atoms with E-state index < -0.39 is 0 Å². The Hall–Kier alpha value is -2.69. The van der Waals surface area contributed by atoms with Gasteiger partial charge in [0.25, 0.3) is 0 Å². The molecular formula is C21H27NO4. The minimum atomic E-state index is -0.174. The van der Waals surface area contributed by atoms with E-state index >= 15 is 0 Å². The zero-order chi connectivity index (χ0) is 19.5. The average molecular weight is 357 g/mol. The van der Waals surface area contributed by atoms with Gasteiger partial charge in [0.1, 0.15) is 11.4 Å². The van der Waals surface area contributed by atoms with Crippen molar-refractivity contribution < 1.29 is 19.3 Å². The lowest BCUT2D eigenvalue weighted by Gasteiger charge is -2.21. The Balaban J connectivity index is 2.49. The molecule has 2 aromatic carbocycles. The number of methoxy groups -OCH3 is 3. The number of aromatic hydroxyl groups is 1. The van der Waals surface area contributed by atoms with Crippen molar-refractivity contribution >= 4 is 11.9 Å². The van der Waals surface area contributed by atoms with Gasteiger partial charge in [-0.1, -0.05) is 26.8 Å². The lowest BCUT2D eigenvalue weighted by atomic mass is 9.85. The van der Waals surface area contributed by atoms with Crippen LogP contribution in [0.4, 0.5) is 5.69 Å². The molecule has 2 rings (SSSR count). The lowest BCUT2D eigenvalue weighted by Crippen LogP contribution is -2.11. The fraction of sp³-hybridized carbons (Fsp3) is 0.381. The first-order valence-electron chi connectivity index (χ1n) is 8.39. The van der Waals surface area contributed by atoms with Crippen LogP contribution in [0.15, 0.2) is 29.3 Å². The van der Waals surface area contributed by atoms with E-state index in [1.54, 1.807) is 27.5 Å². The number of rotatable bonds is 5. The van der Waals surface area contributed by atoms with Crippen LogP contribution in [0.5, 0.6) is 23.0 Å². The number of nitrogens with zero attached hydrogens (tertiary/aromatic N) is 1. The molecule has 1 N–H and O–H groups in total. The van der Waals surface area contributed by atoms with Gasteiger partial charge in [-0.15, -0.1) is 0 Å². The maximum absolute atomic E-state index is 10.6. The second-order valence-corrected chi connectivity index (χ2v) is 7.15. The first kappa shape index (κ1) is 19.6. The van der Waals surface area contributed by atoms with E-state index in [2.05, 4.69) is 25.8 Å². The molecule has 0 radical (unpaired) electrons. The predicted molar refractivity (Wildman–Crippen MR) is 105 cm³/mol. The Morgan fingerprint density at radius 2 is 1.50 bits per heavy atom. The van der Waals surface area contributed by atoms with Crippen molar-refractivity contribution in [2.24, 2.45) is 4.99 Å². The predicted octanol–water partition coefficient (Wildman–Crippen LogP) is 4.77. The van der Waals surface area contributed by atoms with Gasteiger partial charge in [-0.2, -0.15) is 0 Å². The summed E-state index contributed by atoms with van der Waals surface area (Å²) in [6.07, 6.45) is 1.67. The Bertz CT molecular complexity index is 794. The molecule has 5 nitrogen and oxygen atoms in total. The SMILES string of the molecule is COc1cc(/C=N\c2cc(C)cc(C(C)(C)C)c2O)cc(OC)c1OC. The minimum Gasteiger partial charge on any atom is -0.505 e. The van der Waals surface area contributed by atoms with Gasteiger partial charge in [0.05, 0.1) is 21.3 Å². The molecule has 0 aromatic heterocycles. The van der Waals surface area contributed by atoms with E-state index in [1.165, 1.54) is 0 Å². The van der Waals surface area contributed by atoms with Crippen LogP contribution < -0.4 is 14.2 Å². The molecule has 0 aliphatic carbocycles. The van der Waals surface area contributed by atoms with Crippen molar-refractivity contribution in [3.8, 4) is 23.0 Å². The highest BCUT2D eigenvalue weighted by Gasteiger charge is 2.20. The number of phenolic OH excluding ortho intramolecular Hbond substituents is 1. The number of hydrogen-bond donors (Lipinski definition) is 1. The van der Waals surface area contributed by atoms with Gasteiger partial charge in [0.2, 0.25) is 5.75 Å². The monoisotopic (exact) mass is 357 g/mol. The van der Waals surface area contributed by atoms with Gasteiger partial charge >= 0.3 is 0 Å². The number of aliphatic imine (C=N–C) groups is 1. The summed E-state index contributed by atoms with van der Waals surface area (Å²) in [4.78, 5) is 4.49. The zero-order valence-corrected chi connectivity index (χ0v) is 16.5. The van der Waals surface area contributed by atoms with Crippen LogP contribution in [0.2, 0.25) is 0 Å². The summed E-state index contributed by atoms with van der Waals surface area (Å²) in [6.45, 7) is 8.18.